The first-order valence-electron chi connectivity index (χ1n) is 6.23. The van der Waals surface area contributed by atoms with Crippen LogP contribution in [-0.4, -0.2) is 40.5 Å². The van der Waals surface area contributed by atoms with Gasteiger partial charge in [-0.1, -0.05) is 19.1 Å². The van der Waals surface area contributed by atoms with Crippen LogP contribution in [0.2, 0.25) is 0 Å². The molecule has 0 saturated heterocycles. The van der Waals surface area contributed by atoms with E-state index in [4.69, 9.17) is 4.74 Å². The highest BCUT2D eigenvalue weighted by molar-refractivity contribution is 5.88. The van der Waals surface area contributed by atoms with Crippen molar-refractivity contribution in [1.82, 2.24) is 20.3 Å². The topological polar surface area (TPSA) is 86.1 Å². The van der Waals surface area contributed by atoms with Crippen LogP contribution < -0.4 is 5.32 Å². The lowest BCUT2D eigenvalue weighted by Crippen LogP contribution is -2.20. The van der Waals surface area contributed by atoms with Crippen LogP contribution in [0.5, 0.6) is 0 Å². The van der Waals surface area contributed by atoms with Gasteiger partial charge in [0.2, 0.25) is 5.91 Å². The first-order valence-corrected chi connectivity index (χ1v) is 6.23. The summed E-state index contributed by atoms with van der Waals surface area (Å²) in [6, 6.07) is 0. The van der Waals surface area contributed by atoms with E-state index in [-0.39, 0.29) is 17.5 Å². The fourth-order valence-corrected chi connectivity index (χ4v) is 1.40. The molecule has 0 aliphatic carbocycles. The van der Waals surface area contributed by atoms with Crippen molar-refractivity contribution in [2.24, 2.45) is 5.92 Å². The van der Waals surface area contributed by atoms with E-state index in [9.17, 15) is 9.59 Å². The van der Waals surface area contributed by atoms with Gasteiger partial charge in [0.15, 0.2) is 5.69 Å². The predicted octanol–water partition coefficient (Wildman–Crippen LogP) is 0.535. The van der Waals surface area contributed by atoms with Crippen molar-refractivity contribution in [2.45, 2.75) is 33.7 Å². The molecule has 0 spiro atoms. The van der Waals surface area contributed by atoms with Gasteiger partial charge >= 0.3 is 5.97 Å². The van der Waals surface area contributed by atoms with Crippen molar-refractivity contribution in [3.8, 4) is 0 Å². The monoisotopic (exact) mass is 268 g/mol. The lowest BCUT2D eigenvalue weighted by Gasteiger charge is -2.06. The van der Waals surface area contributed by atoms with Gasteiger partial charge in [0, 0.05) is 13.5 Å². The van der Waals surface area contributed by atoms with E-state index in [2.05, 4.69) is 15.6 Å². The third kappa shape index (κ3) is 4.35. The van der Waals surface area contributed by atoms with Gasteiger partial charge in [-0.25, -0.2) is 9.48 Å². The quantitative estimate of drug-likeness (QED) is 0.761. The molecule has 1 aromatic heterocycles. The van der Waals surface area contributed by atoms with Crippen LogP contribution in [0.25, 0.3) is 0 Å². The Balaban J connectivity index is 2.64. The van der Waals surface area contributed by atoms with Gasteiger partial charge in [-0.3, -0.25) is 4.79 Å². The molecule has 0 aliphatic heterocycles. The molecule has 19 heavy (non-hydrogen) atoms. The molecule has 7 nitrogen and oxygen atoms in total. The number of ether oxygens (including phenoxy) is 1. The Morgan fingerprint density at radius 2 is 2.11 bits per heavy atom. The third-order valence-electron chi connectivity index (χ3n) is 2.55. The van der Waals surface area contributed by atoms with Crippen molar-refractivity contribution >= 4 is 11.9 Å². The van der Waals surface area contributed by atoms with Gasteiger partial charge in [-0.2, -0.15) is 0 Å². The molecule has 0 atom stereocenters. The highest BCUT2D eigenvalue weighted by atomic mass is 16.5. The Morgan fingerprint density at radius 3 is 2.68 bits per heavy atom. The number of carbonyl (C=O) groups is 2. The van der Waals surface area contributed by atoms with Crippen molar-refractivity contribution in [3.05, 3.63) is 11.4 Å². The zero-order valence-electron chi connectivity index (χ0n) is 11.8. The molecular formula is C12H20N4O3. The summed E-state index contributed by atoms with van der Waals surface area (Å²) in [6.45, 7) is 6.38. The Morgan fingerprint density at radius 1 is 1.42 bits per heavy atom. The van der Waals surface area contributed by atoms with Gasteiger partial charge in [0.05, 0.1) is 18.8 Å². The summed E-state index contributed by atoms with van der Waals surface area (Å²) in [5.41, 5.74) is 0.815. The number of esters is 1. The van der Waals surface area contributed by atoms with Crippen molar-refractivity contribution in [1.29, 1.82) is 0 Å². The minimum Gasteiger partial charge on any atom is -0.461 e. The molecule has 0 aromatic carbocycles. The first-order chi connectivity index (χ1) is 8.95. The lowest BCUT2D eigenvalue weighted by atomic mass is 10.2. The molecule has 1 amide bonds. The molecule has 0 saturated carbocycles. The molecule has 0 fully saturated rings. The summed E-state index contributed by atoms with van der Waals surface area (Å²) in [7, 11) is 1.57. The lowest BCUT2D eigenvalue weighted by molar-refractivity contribution is -0.120. The number of nitrogens with zero attached hydrogens (tertiary/aromatic N) is 3. The fourth-order valence-electron chi connectivity index (χ4n) is 1.40. The number of nitrogens with one attached hydrogen (secondary N) is 1. The normalized spacial score (nSPS) is 10.6. The van der Waals surface area contributed by atoms with Crippen LogP contribution in [-0.2, 0) is 16.1 Å². The molecule has 0 bridgehead atoms. The summed E-state index contributed by atoms with van der Waals surface area (Å²) in [5, 5.41) is 10.2. The molecule has 1 aromatic rings. The van der Waals surface area contributed by atoms with E-state index in [1.165, 1.54) is 4.68 Å². The summed E-state index contributed by atoms with van der Waals surface area (Å²) < 4.78 is 6.63. The largest absolute Gasteiger partial charge is 0.461 e. The maximum atomic E-state index is 11.8. The summed E-state index contributed by atoms with van der Waals surface area (Å²) in [6.07, 6.45) is 0.293. The fraction of sp³-hybridized carbons (Fsp3) is 0.667. The molecule has 0 radical (unpaired) electrons. The molecule has 1 rings (SSSR count). The first kappa shape index (κ1) is 15.1. The number of amides is 1. The number of hydrogen-bond donors (Lipinski definition) is 1. The van der Waals surface area contributed by atoms with E-state index in [1.807, 2.05) is 13.8 Å². The molecule has 1 N–H and O–H groups in total. The number of aryl methyl sites for hydroxylation is 1. The Labute approximate surface area is 112 Å². The molecule has 7 heteroatoms. The molecular weight excluding hydrogens is 248 g/mol. The zero-order valence-corrected chi connectivity index (χ0v) is 11.8. The van der Waals surface area contributed by atoms with Crippen LogP contribution >= 0.6 is 0 Å². The van der Waals surface area contributed by atoms with Crippen LogP contribution in [0.15, 0.2) is 0 Å². The number of hydrogen-bond acceptors (Lipinski definition) is 5. The third-order valence-corrected chi connectivity index (χ3v) is 2.55. The van der Waals surface area contributed by atoms with Crippen LogP contribution in [0.3, 0.4) is 0 Å². The van der Waals surface area contributed by atoms with Crippen LogP contribution in [0, 0.1) is 12.8 Å². The Kier molecular flexibility index (Phi) is 5.47. The molecule has 0 unspecified atom stereocenters. The smallest absolute Gasteiger partial charge is 0.360 e. The van der Waals surface area contributed by atoms with Gasteiger partial charge in [0.1, 0.15) is 0 Å². The Hall–Kier alpha value is -1.92. The standard InChI is InChI=1S/C12H20N4O3/c1-8(2)7-19-12(18)11-9(3)16(15-14-11)6-5-10(17)13-4/h8H,5-7H2,1-4H3,(H,13,17). The minimum absolute atomic E-state index is 0.0844. The van der Waals surface area contributed by atoms with Crippen molar-refractivity contribution in [2.75, 3.05) is 13.7 Å². The van der Waals surface area contributed by atoms with Gasteiger partial charge < -0.3 is 10.1 Å². The van der Waals surface area contributed by atoms with Crippen LogP contribution in [0.1, 0.15) is 36.5 Å². The maximum Gasteiger partial charge on any atom is 0.360 e. The van der Waals surface area contributed by atoms with Gasteiger partial charge in [-0.15, -0.1) is 5.10 Å². The highest BCUT2D eigenvalue weighted by Gasteiger charge is 2.18. The molecule has 0 aliphatic rings. The second kappa shape index (κ2) is 6.86. The Bertz CT molecular complexity index is 454. The van der Waals surface area contributed by atoms with E-state index < -0.39 is 5.97 Å². The SMILES string of the molecule is CNC(=O)CCn1nnc(C(=O)OCC(C)C)c1C. The number of rotatable bonds is 6. The van der Waals surface area contributed by atoms with E-state index >= 15 is 0 Å². The van der Waals surface area contributed by atoms with Crippen LogP contribution in [0.4, 0.5) is 0 Å². The van der Waals surface area contributed by atoms with Crippen molar-refractivity contribution in [3.63, 3.8) is 0 Å². The number of carbonyl (C=O) groups excluding carboxylic acids is 2. The zero-order chi connectivity index (χ0) is 14.4. The summed E-state index contributed by atoms with van der Waals surface area (Å²) in [5.74, 6) is -0.288. The molecule has 1 heterocycles. The van der Waals surface area contributed by atoms with Gasteiger partial charge in [-0.05, 0) is 12.8 Å². The summed E-state index contributed by atoms with van der Waals surface area (Å²) >= 11 is 0. The predicted molar refractivity (Wildman–Crippen MR) is 68.6 cm³/mol. The maximum absolute atomic E-state index is 11.8. The van der Waals surface area contributed by atoms with Crippen molar-refractivity contribution < 1.29 is 14.3 Å². The average Bonchev–Trinajstić information content (AvgIpc) is 2.74. The average molecular weight is 268 g/mol. The molecule has 106 valence electrons. The van der Waals surface area contributed by atoms with E-state index in [1.54, 1.807) is 14.0 Å². The number of aromatic nitrogens is 3. The van der Waals surface area contributed by atoms with E-state index in [0.29, 0.717) is 25.3 Å². The highest BCUT2D eigenvalue weighted by Crippen LogP contribution is 2.07. The van der Waals surface area contributed by atoms with E-state index in [0.717, 1.165) is 0 Å². The summed E-state index contributed by atoms with van der Waals surface area (Å²) in [4.78, 5) is 22.9. The minimum atomic E-state index is -0.475. The second-order valence-corrected chi connectivity index (χ2v) is 4.66. The van der Waals surface area contributed by atoms with Gasteiger partial charge in [0.25, 0.3) is 0 Å². The second-order valence-electron chi connectivity index (χ2n) is 4.66.